The Balaban J connectivity index is 1.94. The monoisotopic (exact) mass is 383 g/mol. The Hall–Kier alpha value is -2.05. The molecule has 1 amide bonds. The van der Waals surface area contributed by atoms with E-state index in [2.05, 4.69) is 10.4 Å². The van der Waals surface area contributed by atoms with Crippen LogP contribution in [-0.4, -0.2) is 27.8 Å². The molecule has 6 nitrogen and oxygen atoms in total. The molecular weight excluding hydrogens is 365 g/mol. The van der Waals surface area contributed by atoms with Gasteiger partial charge in [-0.15, -0.1) is 0 Å². The van der Waals surface area contributed by atoms with Gasteiger partial charge in [0.05, 0.1) is 12.6 Å². The number of carbonyl (C=O) groups excluding carboxylic acids is 2. The zero-order chi connectivity index (χ0) is 18.6. The fraction of sp³-hybridized carbons (Fsp3) is 0.353. The summed E-state index contributed by atoms with van der Waals surface area (Å²) < 4.78 is 6.84. The van der Waals surface area contributed by atoms with Crippen LogP contribution in [-0.2, 0) is 20.7 Å². The van der Waals surface area contributed by atoms with Crippen molar-refractivity contribution in [3.05, 3.63) is 46.1 Å². The van der Waals surface area contributed by atoms with Crippen molar-refractivity contribution in [2.24, 2.45) is 0 Å². The summed E-state index contributed by atoms with van der Waals surface area (Å²) in [4.78, 5) is 24.2. The van der Waals surface area contributed by atoms with Crippen molar-refractivity contribution in [1.29, 1.82) is 0 Å². The van der Waals surface area contributed by atoms with Crippen LogP contribution in [0.5, 0.6) is 0 Å². The Kier molecular flexibility index (Phi) is 6.45. The fourth-order valence-electron chi connectivity index (χ4n) is 2.17. The SMILES string of the molecule is CC(OC(=O)Cc1ccc(Cl)cc1Cl)C(=O)Nc1ccnn1C(C)C. The average molecular weight is 384 g/mol. The van der Waals surface area contributed by atoms with Gasteiger partial charge in [-0.25, -0.2) is 4.68 Å². The van der Waals surface area contributed by atoms with E-state index in [9.17, 15) is 9.59 Å². The summed E-state index contributed by atoms with van der Waals surface area (Å²) in [6.45, 7) is 5.40. The number of hydrogen-bond acceptors (Lipinski definition) is 4. The van der Waals surface area contributed by atoms with Crippen molar-refractivity contribution >= 4 is 40.9 Å². The smallest absolute Gasteiger partial charge is 0.311 e. The number of halogens is 2. The van der Waals surface area contributed by atoms with Gasteiger partial charge in [0.2, 0.25) is 0 Å². The van der Waals surface area contributed by atoms with E-state index in [1.165, 1.54) is 6.92 Å². The van der Waals surface area contributed by atoms with Crippen LogP contribution in [0.4, 0.5) is 5.82 Å². The topological polar surface area (TPSA) is 73.2 Å². The minimum Gasteiger partial charge on any atom is -0.452 e. The zero-order valence-corrected chi connectivity index (χ0v) is 15.6. The van der Waals surface area contributed by atoms with Crippen LogP contribution in [0.25, 0.3) is 0 Å². The molecule has 0 aliphatic carbocycles. The molecule has 134 valence electrons. The third-order valence-electron chi connectivity index (χ3n) is 3.44. The number of esters is 1. The van der Waals surface area contributed by atoms with Crippen LogP contribution in [0, 0.1) is 0 Å². The molecule has 0 fully saturated rings. The number of carbonyl (C=O) groups is 2. The Morgan fingerprint density at radius 1 is 1.24 bits per heavy atom. The molecule has 0 radical (unpaired) electrons. The number of anilines is 1. The largest absolute Gasteiger partial charge is 0.452 e. The molecule has 25 heavy (non-hydrogen) atoms. The van der Waals surface area contributed by atoms with Gasteiger partial charge in [0.1, 0.15) is 5.82 Å². The number of rotatable bonds is 6. The van der Waals surface area contributed by atoms with E-state index < -0.39 is 18.0 Å². The molecule has 0 saturated carbocycles. The number of nitrogens with one attached hydrogen (secondary N) is 1. The summed E-state index contributed by atoms with van der Waals surface area (Å²) >= 11 is 11.9. The molecule has 1 aromatic carbocycles. The second kappa shape index (κ2) is 8.36. The lowest BCUT2D eigenvalue weighted by Crippen LogP contribution is -2.31. The quantitative estimate of drug-likeness (QED) is 0.767. The highest BCUT2D eigenvalue weighted by Crippen LogP contribution is 2.22. The summed E-state index contributed by atoms with van der Waals surface area (Å²) in [5, 5.41) is 7.69. The second-order valence-corrected chi connectivity index (χ2v) is 6.63. The van der Waals surface area contributed by atoms with Crippen molar-refractivity contribution in [3.8, 4) is 0 Å². The number of ether oxygens (including phenoxy) is 1. The van der Waals surface area contributed by atoms with Crippen molar-refractivity contribution in [3.63, 3.8) is 0 Å². The average Bonchev–Trinajstić information content (AvgIpc) is 2.98. The van der Waals surface area contributed by atoms with Crippen LogP contribution >= 0.6 is 23.2 Å². The molecule has 0 bridgehead atoms. The lowest BCUT2D eigenvalue weighted by Gasteiger charge is -2.16. The number of amides is 1. The van der Waals surface area contributed by atoms with Crippen LogP contribution in [0.2, 0.25) is 10.0 Å². The fourth-order valence-corrected chi connectivity index (χ4v) is 2.64. The summed E-state index contributed by atoms with van der Waals surface area (Å²) in [5.41, 5.74) is 0.585. The first-order valence-corrected chi connectivity index (χ1v) is 8.51. The molecule has 8 heteroatoms. The first kappa shape index (κ1) is 19.3. The number of benzene rings is 1. The Bertz CT molecular complexity index is 774. The summed E-state index contributed by atoms with van der Waals surface area (Å²) in [5.74, 6) is -0.439. The first-order valence-electron chi connectivity index (χ1n) is 7.75. The predicted molar refractivity (Wildman–Crippen MR) is 97.0 cm³/mol. The maximum absolute atomic E-state index is 12.2. The molecular formula is C17H19Cl2N3O3. The van der Waals surface area contributed by atoms with E-state index in [-0.39, 0.29) is 12.5 Å². The third-order valence-corrected chi connectivity index (χ3v) is 4.02. The van der Waals surface area contributed by atoms with E-state index in [4.69, 9.17) is 27.9 Å². The van der Waals surface area contributed by atoms with E-state index in [0.717, 1.165) is 0 Å². The predicted octanol–water partition coefficient (Wildman–Crippen LogP) is 3.88. The molecule has 0 aliphatic rings. The van der Waals surface area contributed by atoms with E-state index in [1.807, 2.05) is 13.8 Å². The number of hydrogen-bond donors (Lipinski definition) is 1. The highest BCUT2D eigenvalue weighted by molar-refractivity contribution is 6.35. The number of nitrogens with zero attached hydrogens (tertiary/aromatic N) is 2. The normalized spacial score (nSPS) is 12.1. The van der Waals surface area contributed by atoms with Crippen molar-refractivity contribution in [2.75, 3.05) is 5.32 Å². The summed E-state index contributed by atoms with van der Waals surface area (Å²) in [7, 11) is 0. The molecule has 1 N–H and O–H groups in total. The Morgan fingerprint density at radius 3 is 2.60 bits per heavy atom. The molecule has 0 saturated heterocycles. The van der Waals surface area contributed by atoms with Gasteiger partial charge in [-0.1, -0.05) is 29.3 Å². The highest BCUT2D eigenvalue weighted by Gasteiger charge is 2.20. The van der Waals surface area contributed by atoms with Gasteiger partial charge < -0.3 is 10.1 Å². The first-order chi connectivity index (χ1) is 11.8. The van der Waals surface area contributed by atoms with Gasteiger partial charge in [0.25, 0.3) is 5.91 Å². The molecule has 1 heterocycles. The molecule has 0 aliphatic heterocycles. The van der Waals surface area contributed by atoms with Gasteiger partial charge >= 0.3 is 5.97 Å². The number of aromatic nitrogens is 2. The van der Waals surface area contributed by atoms with Gasteiger partial charge in [0.15, 0.2) is 6.10 Å². The minimum absolute atomic E-state index is 0.0441. The second-order valence-electron chi connectivity index (χ2n) is 5.79. The van der Waals surface area contributed by atoms with Crippen LogP contribution in [0.15, 0.2) is 30.5 Å². The highest BCUT2D eigenvalue weighted by atomic mass is 35.5. The molecule has 0 spiro atoms. The van der Waals surface area contributed by atoms with Crippen molar-refractivity contribution in [1.82, 2.24) is 9.78 Å². The van der Waals surface area contributed by atoms with E-state index >= 15 is 0 Å². The van der Waals surface area contributed by atoms with Gasteiger partial charge in [-0.3, -0.25) is 9.59 Å². The van der Waals surface area contributed by atoms with E-state index in [1.54, 1.807) is 35.1 Å². The molecule has 1 aromatic heterocycles. The van der Waals surface area contributed by atoms with Gasteiger partial charge in [0, 0.05) is 22.2 Å². The van der Waals surface area contributed by atoms with Crippen LogP contribution in [0.1, 0.15) is 32.4 Å². The van der Waals surface area contributed by atoms with Gasteiger partial charge in [-0.2, -0.15) is 5.10 Å². The molecule has 2 aromatic rings. The van der Waals surface area contributed by atoms with Gasteiger partial charge in [-0.05, 0) is 38.5 Å². The standard InChI is InChI=1S/C17H19Cl2N3O3/c1-10(2)22-15(6-7-20-22)21-17(24)11(3)25-16(23)8-12-4-5-13(18)9-14(12)19/h4-7,9-11H,8H2,1-3H3,(H,21,24). The molecule has 1 atom stereocenters. The molecule has 1 unspecified atom stereocenters. The third kappa shape index (κ3) is 5.21. The maximum Gasteiger partial charge on any atom is 0.311 e. The lowest BCUT2D eigenvalue weighted by atomic mass is 10.1. The van der Waals surface area contributed by atoms with Crippen LogP contribution < -0.4 is 5.32 Å². The summed E-state index contributed by atoms with van der Waals surface area (Å²) in [6, 6.07) is 6.61. The van der Waals surface area contributed by atoms with Crippen LogP contribution in [0.3, 0.4) is 0 Å². The van der Waals surface area contributed by atoms with Crippen molar-refractivity contribution in [2.45, 2.75) is 39.3 Å². The van der Waals surface area contributed by atoms with Crippen molar-refractivity contribution < 1.29 is 14.3 Å². The summed E-state index contributed by atoms with van der Waals surface area (Å²) in [6.07, 6.45) is 0.598. The maximum atomic E-state index is 12.2. The Labute approximate surface area is 156 Å². The minimum atomic E-state index is -0.950. The zero-order valence-electron chi connectivity index (χ0n) is 14.1. The van der Waals surface area contributed by atoms with E-state index in [0.29, 0.717) is 21.4 Å². The Morgan fingerprint density at radius 2 is 1.96 bits per heavy atom. The lowest BCUT2D eigenvalue weighted by molar-refractivity contribution is -0.152. The molecule has 2 rings (SSSR count).